The third-order valence-corrected chi connectivity index (χ3v) is 12.4. The van der Waals surface area contributed by atoms with Gasteiger partial charge in [0, 0.05) is 47.0 Å². The van der Waals surface area contributed by atoms with Crippen LogP contribution in [0.25, 0.3) is 0 Å². The van der Waals surface area contributed by atoms with Crippen LogP contribution >= 0.6 is 0 Å². The van der Waals surface area contributed by atoms with Crippen molar-refractivity contribution < 1.29 is 45.4 Å². The molecule has 4 aromatic rings. The summed E-state index contributed by atoms with van der Waals surface area (Å²) in [5, 5.41) is 5.40. The molecule has 292 valence electrons. The fraction of sp³-hybridized carbons (Fsp3) is 0.429. The zero-order valence-electron chi connectivity index (χ0n) is 30.2. The van der Waals surface area contributed by atoms with E-state index in [2.05, 4.69) is 20.6 Å². The van der Waals surface area contributed by atoms with Crippen molar-refractivity contribution in [2.45, 2.75) is 75.3 Å². The van der Waals surface area contributed by atoms with Crippen LogP contribution in [0, 0.1) is 49.4 Å². The number of nitrogens with zero attached hydrogens (tertiary/aromatic N) is 2. The molecule has 6 heterocycles. The van der Waals surface area contributed by atoms with E-state index >= 15 is 0 Å². The second-order valence-electron chi connectivity index (χ2n) is 16.0. The molecule has 14 heteroatoms. The lowest BCUT2D eigenvalue weighted by Crippen LogP contribution is -2.37. The van der Waals surface area contributed by atoms with Gasteiger partial charge in [-0.05, 0) is 122 Å². The van der Waals surface area contributed by atoms with E-state index in [9.17, 15) is 35.9 Å². The summed E-state index contributed by atoms with van der Waals surface area (Å²) >= 11 is 0. The number of anilines is 2. The summed E-state index contributed by atoms with van der Waals surface area (Å²) in [4.78, 5) is 34.7. The first-order valence-electron chi connectivity index (χ1n) is 18.8. The number of carbonyl (C=O) groups is 2. The Labute approximate surface area is 318 Å². The van der Waals surface area contributed by atoms with Crippen LogP contribution in [-0.2, 0) is 31.4 Å². The van der Waals surface area contributed by atoms with Gasteiger partial charge >= 0.3 is 12.4 Å². The Morgan fingerprint density at radius 1 is 0.589 bits per heavy atom. The number of alkyl halides is 6. The van der Waals surface area contributed by atoms with E-state index in [0.717, 1.165) is 59.6 Å². The maximum atomic E-state index is 13.1. The first-order valence-corrected chi connectivity index (χ1v) is 18.8. The van der Waals surface area contributed by atoms with Gasteiger partial charge in [-0.1, -0.05) is 12.1 Å². The zero-order chi connectivity index (χ0) is 39.3. The second kappa shape index (κ2) is 13.4. The van der Waals surface area contributed by atoms with Gasteiger partial charge < -0.3 is 20.1 Å². The predicted octanol–water partition coefficient (Wildman–Crippen LogP) is 8.33. The summed E-state index contributed by atoms with van der Waals surface area (Å²) in [7, 11) is 0. The van der Waals surface area contributed by atoms with Crippen molar-refractivity contribution in [3.8, 4) is 0 Å². The molecule has 0 radical (unpaired) electrons. The highest BCUT2D eigenvalue weighted by atomic mass is 19.4. The topological polar surface area (TPSA) is 102 Å². The fourth-order valence-corrected chi connectivity index (χ4v) is 9.94. The number of hydrogen-bond donors (Lipinski definition) is 2. The van der Waals surface area contributed by atoms with Crippen molar-refractivity contribution >= 4 is 23.2 Å². The molecule has 4 saturated heterocycles. The molecular weight excluding hydrogens is 738 g/mol. The summed E-state index contributed by atoms with van der Waals surface area (Å²) in [5.74, 6) is 0.177. The molecule has 2 amide bonds. The minimum atomic E-state index is -4.45. The van der Waals surface area contributed by atoms with Gasteiger partial charge in [0.15, 0.2) is 0 Å². The highest BCUT2D eigenvalue weighted by Gasteiger charge is 2.69. The predicted molar refractivity (Wildman–Crippen MR) is 191 cm³/mol. The molecular formula is C42H38F6N4O4. The molecule has 8 nitrogen and oxygen atoms in total. The van der Waals surface area contributed by atoms with Crippen LogP contribution in [-0.4, -0.2) is 46.2 Å². The summed E-state index contributed by atoms with van der Waals surface area (Å²) in [5.41, 5.74) is 2.49. The van der Waals surface area contributed by atoms with Gasteiger partial charge in [0.05, 0.1) is 47.4 Å². The highest BCUT2D eigenvalue weighted by molar-refractivity contribution is 5.95. The van der Waals surface area contributed by atoms with Crippen LogP contribution in [0.4, 0.5) is 37.7 Å². The van der Waals surface area contributed by atoms with Crippen LogP contribution in [0.3, 0.4) is 0 Å². The molecule has 6 fully saturated rings. The number of rotatable bonds is 6. The molecule has 0 spiro atoms. The Morgan fingerprint density at radius 3 is 1.36 bits per heavy atom. The number of fused-ring (bicyclic) bond motifs is 10. The van der Waals surface area contributed by atoms with E-state index in [0.29, 0.717) is 23.7 Å². The van der Waals surface area contributed by atoms with E-state index in [-0.39, 0.29) is 59.4 Å². The number of hydrogen-bond acceptors (Lipinski definition) is 6. The van der Waals surface area contributed by atoms with E-state index in [1.54, 1.807) is 12.4 Å². The number of amides is 2. The third-order valence-electron chi connectivity index (χ3n) is 12.4. The third kappa shape index (κ3) is 6.63. The molecule has 2 aromatic carbocycles. The maximum absolute atomic E-state index is 13.1. The van der Waals surface area contributed by atoms with Crippen molar-refractivity contribution in [3.63, 3.8) is 0 Å². The van der Waals surface area contributed by atoms with Gasteiger partial charge in [-0.25, -0.2) is 0 Å². The number of aromatic nitrogens is 2. The molecule has 2 aliphatic carbocycles. The molecule has 10 rings (SSSR count). The quantitative estimate of drug-likeness (QED) is 0.191. The fourth-order valence-electron chi connectivity index (χ4n) is 9.94. The van der Waals surface area contributed by atoms with Gasteiger partial charge in [-0.2, -0.15) is 26.3 Å². The van der Waals surface area contributed by atoms with E-state index in [1.165, 1.54) is 24.3 Å². The Bertz CT molecular complexity index is 2040. The van der Waals surface area contributed by atoms with Gasteiger partial charge in [0.25, 0.3) is 0 Å². The van der Waals surface area contributed by atoms with E-state index < -0.39 is 35.3 Å². The van der Waals surface area contributed by atoms with Gasteiger partial charge in [0.2, 0.25) is 11.8 Å². The van der Waals surface area contributed by atoms with Gasteiger partial charge in [-0.3, -0.25) is 19.6 Å². The van der Waals surface area contributed by atoms with Crippen LogP contribution in [0.1, 0.15) is 58.3 Å². The van der Waals surface area contributed by atoms with Crippen molar-refractivity contribution in [2.24, 2.45) is 35.5 Å². The number of carbonyl (C=O) groups excluding carboxylic acids is 2. The van der Waals surface area contributed by atoms with Crippen molar-refractivity contribution in [2.75, 3.05) is 10.6 Å². The lowest BCUT2D eigenvalue weighted by molar-refractivity contribution is -0.138. The largest absolute Gasteiger partial charge is 0.416 e. The molecule has 12 atom stereocenters. The standard InChI is InChI=1S/2C21H19F3N2O2/c2*1-10-7-11(5-6-25-10)16-17(19-15-9-14(15)18(16)28-19)20(27)26-13-4-2-3-12(8-13)21(22,23)24/h2*2-8,14-19H,9H2,1H3,(H,26,27)/t2*14-,15+,16+,17+,18-,19+/m10/s1. The Hall–Kier alpha value is -4.82. The molecule has 2 aromatic heterocycles. The van der Waals surface area contributed by atoms with Crippen LogP contribution < -0.4 is 10.6 Å². The van der Waals surface area contributed by atoms with Gasteiger partial charge in [-0.15, -0.1) is 0 Å². The molecule has 4 aliphatic heterocycles. The van der Waals surface area contributed by atoms with Crippen molar-refractivity contribution in [1.29, 1.82) is 0 Å². The monoisotopic (exact) mass is 776 g/mol. The van der Waals surface area contributed by atoms with E-state index in [1.807, 2.05) is 38.1 Å². The number of halogens is 6. The van der Waals surface area contributed by atoms with Crippen molar-refractivity contribution in [1.82, 2.24) is 9.97 Å². The second-order valence-corrected chi connectivity index (χ2v) is 16.0. The zero-order valence-corrected chi connectivity index (χ0v) is 30.2. The SMILES string of the molecule is Cc1cc([C@@H]2[C@@H]3O[C@@H]([C@H]4C[C@H]43)[C@H]2C(=O)Nc2cccc(C(F)(F)F)c2)ccn1.Cc1cc([C@H]2[C@H]3O[C@H]([C@@H]4C[C@@H]43)[C@@H]2C(=O)Nc2cccc(C(F)(F)F)c2)ccn1. The number of pyridine rings is 2. The first-order chi connectivity index (χ1) is 26.7. The lowest BCUT2D eigenvalue weighted by Gasteiger charge is -2.27. The minimum absolute atomic E-state index is 0.00550. The number of benzene rings is 2. The van der Waals surface area contributed by atoms with E-state index in [4.69, 9.17) is 9.47 Å². The van der Waals surface area contributed by atoms with Crippen molar-refractivity contribution in [3.05, 3.63) is 119 Å². The Kier molecular flexibility index (Phi) is 8.80. The maximum Gasteiger partial charge on any atom is 0.416 e. The average molecular weight is 777 g/mol. The van der Waals surface area contributed by atoms with Gasteiger partial charge in [0.1, 0.15) is 0 Å². The lowest BCUT2D eigenvalue weighted by atomic mass is 9.75. The smallest absolute Gasteiger partial charge is 0.373 e. The van der Waals surface area contributed by atoms with Crippen LogP contribution in [0.15, 0.2) is 85.2 Å². The molecule has 2 saturated carbocycles. The Balaban J connectivity index is 0.000000146. The molecule has 56 heavy (non-hydrogen) atoms. The number of aryl methyl sites for hydroxylation is 2. The first kappa shape index (κ1) is 36.8. The Morgan fingerprint density at radius 2 is 0.982 bits per heavy atom. The van der Waals surface area contributed by atoms with Crippen LogP contribution in [0.2, 0.25) is 0 Å². The minimum Gasteiger partial charge on any atom is -0.373 e. The van der Waals surface area contributed by atoms with Crippen LogP contribution in [0.5, 0.6) is 0 Å². The normalized spacial score (nSPS) is 32.9. The number of ether oxygens (including phenoxy) is 2. The molecule has 0 unspecified atom stereocenters. The number of nitrogens with one attached hydrogen (secondary N) is 2. The molecule has 6 aliphatic rings. The molecule has 4 bridgehead atoms. The highest BCUT2D eigenvalue weighted by Crippen LogP contribution is 2.66. The average Bonchev–Trinajstić information content (AvgIpc) is 3.99. The summed E-state index contributed by atoms with van der Waals surface area (Å²) in [6.07, 6.45) is -3.68. The summed E-state index contributed by atoms with van der Waals surface area (Å²) in [6, 6.07) is 17.2. The molecule has 2 N–H and O–H groups in total. The summed E-state index contributed by atoms with van der Waals surface area (Å²) < 4.78 is 90.1. The summed E-state index contributed by atoms with van der Waals surface area (Å²) in [6.45, 7) is 3.80.